The second kappa shape index (κ2) is 5.31. The summed E-state index contributed by atoms with van der Waals surface area (Å²) in [5.41, 5.74) is -1.52. The highest BCUT2D eigenvalue weighted by Gasteiger charge is 2.17. The maximum absolute atomic E-state index is 13.6. The first-order chi connectivity index (χ1) is 9.49. The molecule has 0 spiro atoms. The second-order valence-corrected chi connectivity index (χ2v) is 3.72. The summed E-state index contributed by atoms with van der Waals surface area (Å²) in [5.74, 6) is -3.11. The molecule has 0 saturated carbocycles. The standard InChI is InChI=1S/C12H8FN3O4/c13-7-3-1-2-6(12(19)20)10(7)16-11(18)8-4-15-9(17)5-14-8/h1-5H,(H,15,17)(H,16,18)(H,19,20). The molecule has 2 aromatic rings. The number of carbonyl (C=O) groups excluding carboxylic acids is 1. The van der Waals surface area contributed by atoms with Crippen LogP contribution < -0.4 is 10.9 Å². The molecule has 102 valence electrons. The number of H-pyrrole nitrogens is 1. The van der Waals surface area contributed by atoms with Crippen molar-refractivity contribution < 1.29 is 19.1 Å². The van der Waals surface area contributed by atoms with Crippen LogP contribution in [0.2, 0.25) is 0 Å². The van der Waals surface area contributed by atoms with Gasteiger partial charge >= 0.3 is 5.97 Å². The Bertz CT molecular complexity index is 721. The van der Waals surface area contributed by atoms with Crippen LogP contribution >= 0.6 is 0 Å². The van der Waals surface area contributed by atoms with Crippen LogP contribution in [0.1, 0.15) is 20.8 Å². The van der Waals surface area contributed by atoms with E-state index in [4.69, 9.17) is 5.11 Å². The lowest BCUT2D eigenvalue weighted by atomic mass is 10.1. The molecule has 2 rings (SSSR count). The Morgan fingerprint density at radius 1 is 1.35 bits per heavy atom. The number of rotatable bonds is 3. The van der Waals surface area contributed by atoms with Gasteiger partial charge in [-0.15, -0.1) is 0 Å². The predicted octanol–water partition coefficient (Wildman–Crippen LogP) is 0.859. The number of anilines is 1. The van der Waals surface area contributed by atoms with Crippen LogP contribution in [-0.4, -0.2) is 27.0 Å². The highest BCUT2D eigenvalue weighted by atomic mass is 19.1. The van der Waals surface area contributed by atoms with Crippen LogP contribution in [0.5, 0.6) is 0 Å². The van der Waals surface area contributed by atoms with Gasteiger partial charge in [0.2, 0.25) is 0 Å². The van der Waals surface area contributed by atoms with E-state index in [1.54, 1.807) is 0 Å². The van der Waals surface area contributed by atoms with Crippen LogP contribution in [0, 0.1) is 5.82 Å². The molecule has 0 atom stereocenters. The lowest BCUT2D eigenvalue weighted by Gasteiger charge is -2.08. The van der Waals surface area contributed by atoms with E-state index in [-0.39, 0.29) is 11.3 Å². The molecule has 1 aromatic heterocycles. The van der Waals surface area contributed by atoms with E-state index in [0.29, 0.717) is 0 Å². The lowest BCUT2D eigenvalue weighted by Crippen LogP contribution is -2.19. The SMILES string of the molecule is O=C(Nc1c(F)cccc1C(=O)O)c1c[nH]c(=O)cn1. The van der Waals surface area contributed by atoms with Crippen molar-refractivity contribution in [1.29, 1.82) is 0 Å². The Labute approximate surface area is 111 Å². The smallest absolute Gasteiger partial charge is 0.337 e. The highest BCUT2D eigenvalue weighted by molar-refractivity contribution is 6.06. The van der Waals surface area contributed by atoms with Crippen molar-refractivity contribution in [2.75, 3.05) is 5.32 Å². The van der Waals surface area contributed by atoms with Crippen molar-refractivity contribution >= 4 is 17.6 Å². The van der Waals surface area contributed by atoms with Crippen molar-refractivity contribution in [3.63, 3.8) is 0 Å². The van der Waals surface area contributed by atoms with Gasteiger partial charge < -0.3 is 15.4 Å². The Balaban J connectivity index is 2.35. The van der Waals surface area contributed by atoms with Crippen molar-refractivity contribution in [3.8, 4) is 0 Å². The third-order valence-electron chi connectivity index (χ3n) is 2.39. The van der Waals surface area contributed by atoms with E-state index in [9.17, 15) is 18.8 Å². The number of nitrogens with one attached hydrogen (secondary N) is 2. The third-order valence-corrected chi connectivity index (χ3v) is 2.39. The number of hydrogen-bond acceptors (Lipinski definition) is 4. The van der Waals surface area contributed by atoms with E-state index in [1.807, 2.05) is 0 Å². The van der Waals surface area contributed by atoms with Gasteiger partial charge in [-0.1, -0.05) is 6.07 Å². The molecule has 0 aliphatic rings. The summed E-state index contributed by atoms with van der Waals surface area (Å²) in [6.07, 6.45) is 1.92. The number of aromatic carboxylic acids is 1. The minimum absolute atomic E-state index is 0.177. The van der Waals surface area contributed by atoms with Gasteiger partial charge in [0.15, 0.2) is 0 Å². The van der Waals surface area contributed by atoms with Crippen molar-refractivity contribution in [2.24, 2.45) is 0 Å². The molecule has 0 aliphatic heterocycles. The quantitative estimate of drug-likeness (QED) is 0.770. The molecule has 0 bridgehead atoms. The molecule has 0 fully saturated rings. The number of carbonyl (C=O) groups is 2. The van der Waals surface area contributed by atoms with E-state index in [2.05, 4.69) is 15.3 Å². The Kier molecular flexibility index (Phi) is 3.56. The lowest BCUT2D eigenvalue weighted by molar-refractivity contribution is 0.0697. The number of aromatic nitrogens is 2. The van der Waals surface area contributed by atoms with Gasteiger partial charge in [0.25, 0.3) is 11.5 Å². The normalized spacial score (nSPS) is 10.1. The number of carboxylic acids is 1. The van der Waals surface area contributed by atoms with Crippen molar-refractivity contribution in [2.45, 2.75) is 0 Å². The number of amides is 1. The van der Waals surface area contributed by atoms with Gasteiger partial charge in [-0.05, 0) is 12.1 Å². The van der Waals surface area contributed by atoms with Crippen LogP contribution in [0.15, 0.2) is 35.4 Å². The van der Waals surface area contributed by atoms with Crippen LogP contribution in [0.4, 0.5) is 10.1 Å². The third kappa shape index (κ3) is 2.69. The molecule has 0 unspecified atom stereocenters. The topological polar surface area (TPSA) is 112 Å². The molecule has 1 aromatic carbocycles. The molecule has 0 saturated heterocycles. The van der Waals surface area contributed by atoms with E-state index in [0.717, 1.165) is 24.5 Å². The highest BCUT2D eigenvalue weighted by Crippen LogP contribution is 2.20. The number of para-hydroxylation sites is 1. The maximum Gasteiger partial charge on any atom is 0.337 e. The second-order valence-electron chi connectivity index (χ2n) is 3.72. The summed E-state index contributed by atoms with van der Waals surface area (Å²) < 4.78 is 13.6. The van der Waals surface area contributed by atoms with Crippen molar-refractivity contribution in [1.82, 2.24) is 9.97 Å². The summed E-state index contributed by atoms with van der Waals surface area (Å²) in [5, 5.41) is 11.0. The summed E-state index contributed by atoms with van der Waals surface area (Å²) in [6.45, 7) is 0. The molecule has 1 amide bonds. The Morgan fingerprint density at radius 2 is 2.10 bits per heavy atom. The van der Waals surface area contributed by atoms with Crippen LogP contribution in [0.3, 0.4) is 0 Å². The fourth-order valence-electron chi connectivity index (χ4n) is 1.47. The fraction of sp³-hybridized carbons (Fsp3) is 0. The zero-order valence-electron chi connectivity index (χ0n) is 9.88. The molecule has 8 heteroatoms. The first kappa shape index (κ1) is 13.4. The monoisotopic (exact) mass is 277 g/mol. The van der Waals surface area contributed by atoms with Gasteiger partial charge in [-0.25, -0.2) is 14.2 Å². The molecule has 0 aliphatic carbocycles. The molecular weight excluding hydrogens is 269 g/mol. The largest absolute Gasteiger partial charge is 0.478 e. The molecule has 20 heavy (non-hydrogen) atoms. The van der Waals surface area contributed by atoms with Crippen LogP contribution in [0.25, 0.3) is 0 Å². The number of nitrogens with zero attached hydrogens (tertiary/aromatic N) is 1. The summed E-state index contributed by atoms with van der Waals surface area (Å²) >= 11 is 0. The molecule has 3 N–H and O–H groups in total. The van der Waals surface area contributed by atoms with Gasteiger partial charge in [0.1, 0.15) is 11.5 Å². The number of carboxylic acid groups (broad SMARTS) is 1. The Hall–Kier alpha value is -3.03. The van der Waals surface area contributed by atoms with E-state index < -0.39 is 28.9 Å². The molecule has 1 heterocycles. The number of aromatic amines is 1. The zero-order chi connectivity index (χ0) is 14.7. The number of halogens is 1. The van der Waals surface area contributed by atoms with E-state index in [1.165, 1.54) is 6.07 Å². The first-order valence-corrected chi connectivity index (χ1v) is 5.37. The number of hydrogen-bond donors (Lipinski definition) is 3. The van der Waals surface area contributed by atoms with Crippen molar-refractivity contribution in [3.05, 3.63) is 58.0 Å². The zero-order valence-corrected chi connectivity index (χ0v) is 9.88. The molecular formula is C12H8FN3O4. The minimum atomic E-state index is -1.38. The molecule has 0 radical (unpaired) electrons. The first-order valence-electron chi connectivity index (χ1n) is 5.37. The Morgan fingerprint density at radius 3 is 2.70 bits per heavy atom. The summed E-state index contributed by atoms with van der Waals surface area (Å²) in [7, 11) is 0. The summed E-state index contributed by atoms with van der Waals surface area (Å²) in [4.78, 5) is 39.3. The number of benzene rings is 1. The van der Waals surface area contributed by atoms with E-state index >= 15 is 0 Å². The summed E-state index contributed by atoms with van der Waals surface area (Å²) in [6, 6.07) is 3.39. The van der Waals surface area contributed by atoms with Gasteiger partial charge in [0.05, 0.1) is 17.4 Å². The maximum atomic E-state index is 13.6. The van der Waals surface area contributed by atoms with Crippen LogP contribution in [-0.2, 0) is 0 Å². The van der Waals surface area contributed by atoms with Gasteiger partial charge in [-0.2, -0.15) is 0 Å². The average Bonchev–Trinajstić information content (AvgIpc) is 2.41. The predicted molar refractivity (Wildman–Crippen MR) is 66.2 cm³/mol. The fourth-order valence-corrected chi connectivity index (χ4v) is 1.47. The minimum Gasteiger partial charge on any atom is -0.478 e. The average molecular weight is 277 g/mol. The van der Waals surface area contributed by atoms with Gasteiger partial charge in [0, 0.05) is 6.20 Å². The molecule has 7 nitrogen and oxygen atoms in total. The van der Waals surface area contributed by atoms with Gasteiger partial charge in [-0.3, -0.25) is 9.59 Å².